The van der Waals surface area contributed by atoms with Gasteiger partial charge in [-0.1, -0.05) is 13.8 Å². The molecule has 0 N–H and O–H groups in total. The van der Waals surface area contributed by atoms with Crippen molar-refractivity contribution in [2.24, 2.45) is 0 Å². The first kappa shape index (κ1) is 18.9. The zero-order valence-electron chi connectivity index (χ0n) is 16.0. The molecule has 26 heavy (non-hydrogen) atoms. The molecule has 0 unspecified atom stereocenters. The summed E-state index contributed by atoms with van der Waals surface area (Å²) in [5.74, 6) is 0.339. The lowest BCUT2D eigenvalue weighted by atomic mass is 10.1. The molecule has 2 aliphatic heterocycles. The van der Waals surface area contributed by atoms with E-state index in [1.54, 1.807) is 4.90 Å². The number of aromatic nitrogens is 2. The molecule has 1 aromatic rings. The highest BCUT2D eigenvalue weighted by molar-refractivity contribution is 5.97. The average Bonchev–Trinajstić information content (AvgIpc) is 3.07. The molecule has 3 rings (SSSR count). The number of imidazole rings is 1. The van der Waals surface area contributed by atoms with Crippen LogP contribution in [0.25, 0.3) is 0 Å². The molecule has 7 heteroatoms. The van der Waals surface area contributed by atoms with Gasteiger partial charge in [-0.25, -0.2) is 4.98 Å². The number of amides is 2. The molecular weight excluding hydrogens is 332 g/mol. The van der Waals surface area contributed by atoms with E-state index < -0.39 is 0 Å². The fraction of sp³-hybridized carbons (Fsp3) is 0.737. The summed E-state index contributed by atoms with van der Waals surface area (Å²) in [6.07, 6.45) is 4.71. The van der Waals surface area contributed by atoms with E-state index in [1.807, 2.05) is 9.47 Å². The summed E-state index contributed by atoms with van der Waals surface area (Å²) < 4.78 is 7.34. The van der Waals surface area contributed by atoms with E-state index in [-0.39, 0.29) is 11.8 Å². The minimum atomic E-state index is -0.0597. The van der Waals surface area contributed by atoms with Crippen LogP contribution in [0.4, 0.5) is 0 Å². The molecule has 0 spiro atoms. The summed E-state index contributed by atoms with van der Waals surface area (Å²) in [5, 5.41) is 0. The van der Waals surface area contributed by atoms with Gasteiger partial charge < -0.3 is 19.1 Å². The van der Waals surface area contributed by atoms with Crippen molar-refractivity contribution in [3.8, 4) is 0 Å². The standard InChI is InChI=1S/C19H30N4O3/c1-3-8-21(9-4-2)19(25)17-20-16(15-7-5-6-10-23(15)17)18(24)22-11-13-26-14-12-22/h3-14H2,1-2H3. The number of fused-ring (bicyclic) bond motifs is 1. The Balaban J connectivity index is 1.92. The molecule has 2 aliphatic rings. The third-order valence-corrected chi connectivity index (χ3v) is 5.08. The smallest absolute Gasteiger partial charge is 0.289 e. The van der Waals surface area contributed by atoms with Gasteiger partial charge in [0.2, 0.25) is 0 Å². The van der Waals surface area contributed by atoms with E-state index in [4.69, 9.17) is 4.74 Å². The highest BCUT2D eigenvalue weighted by Crippen LogP contribution is 2.23. The van der Waals surface area contributed by atoms with Gasteiger partial charge in [-0.15, -0.1) is 0 Å². The van der Waals surface area contributed by atoms with Gasteiger partial charge in [0.05, 0.1) is 18.9 Å². The van der Waals surface area contributed by atoms with Gasteiger partial charge in [0.15, 0.2) is 5.82 Å². The molecule has 0 bridgehead atoms. The first-order valence-corrected chi connectivity index (χ1v) is 9.93. The normalized spacial score (nSPS) is 17.1. The van der Waals surface area contributed by atoms with Crippen LogP contribution in [0.2, 0.25) is 0 Å². The molecule has 0 saturated carbocycles. The van der Waals surface area contributed by atoms with Crippen molar-refractivity contribution >= 4 is 11.8 Å². The Labute approximate surface area is 155 Å². The summed E-state index contributed by atoms with van der Waals surface area (Å²) in [4.78, 5) is 34.4. The van der Waals surface area contributed by atoms with Crippen LogP contribution >= 0.6 is 0 Å². The van der Waals surface area contributed by atoms with E-state index in [0.717, 1.165) is 57.4 Å². The monoisotopic (exact) mass is 362 g/mol. The van der Waals surface area contributed by atoms with E-state index in [1.165, 1.54) is 0 Å². The fourth-order valence-corrected chi connectivity index (χ4v) is 3.79. The first-order valence-electron chi connectivity index (χ1n) is 9.93. The lowest BCUT2D eigenvalue weighted by Gasteiger charge is -2.26. The van der Waals surface area contributed by atoms with Crippen LogP contribution in [0.3, 0.4) is 0 Å². The predicted molar refractivity (Wildman–Crippen MR) is 98.4 cm³/mol. The Morgan fingerprint density at radius 3 is 2.42 bits per heavy atom. The first-order chi connectivity index (χ1) is 12.7. The Hall–Kier alpha value is -1.89. The van der Waals surface area contributed by atoms with Gasteiger partial charge in [-0.2, -0.15) is 0 Å². The predicted octanol–water partition coefficient (Wildman–Crippen LogP) is 1.95. The Kier molecular flexibility index (Phi) is 6.29. The summed E-state index contributed by atoms with van der Waals surface area (Å²) in [6, 6.07) is 0. The summed E-state index contributed by atoms with van der Waals surface area (Å²) in [7, 11) is 0. The number of hydrogen-bond donors (Lipinski definition) is 0. The van der Waals surface area contributed by atoms with Crippen LogP contribution < -0.4 is 0 Å². The van der Waals surface area contributed by atoms with E-state index in [2.05, 4.69) is 18.8 Å². The average molecular weight is 362 g/mol. The third kappa shape index (κ3) is 3.77. The van der Waals surface area contributed by atoms with Crippen molar-refractivity contribution in [2.75, 3.05) is 39.4 Å². The minimum Gasteiger partial charge on any atom is -0.378 e. The Morgan fingerprint density at radius 2 is 1.77 bits per heavy atom. The molecular formula is C19H30N4O3. The van der Waals surface area contributed by atoms with Crippen molar-refractivity contribution in [1.29, 1.82) is 0 Å². The lowest BCUT2D eigenvalue weighted by Crippen LogP contribution is -2.41. The number of carbonyl (C=O) groups is 2. The van der Waals surface area contributed by atoms with Crippen LogP contribution in [-0.4, -0.2) is 70.6 Å². The second-order valence-corrected chi connectivity index (χ2v) is 7.04. The van der Waals surface area contributed by atoms with Gasteiger partial charge in [-0.05, 0) is 32.1 Å². The van der Waals surface area contributed by atoms with Crippen LogP contribution in [0, 0.1) is 0 Å². The molecule has 1 saturated heterocycles. The molecule has 0 aromatic carbocycles. The number of rotatable bonds is 6. The highest BCUT2D eigenvalue weighted by Gasteiger charge is 2.31. The molecule has 1 aromatic heterocycles. The molecule has 0 radical (unpaired) electrons. The number of morpholine rings is 1. The maximum absolute atomic E-state index is 13.1. The van der Waals surface area contributed by atoms with Gasteiger partial charge in [0.25, 0.3) is 11.8 Å². The van der Waals surface area contributed by atoms with E-state index in [9.17, 15) is 9.59 Å². The van der Waals surface area contributed by atoms with Crippen molar-refractivity contribution in [3.63, 3.8) is 0 Å². The van der Waals surface area contributed by atoms with Crippen molar-refractivity contribution in [1.82, 2.24) is 19.4 Å². The molecule has 3 heterocycles. The Bertz CT molecular complexity index is 643. The molecule has 1 fully saturated rings. The molecule has 2 amide bonds. The summed E-state index contributed by atoms with van der Waals surface area (Å²) >= 11 is 0. The van der Waals surface area contributed by atoms with Crippen LogP contribution in [0.15, 0.2) is 0 Å². The van der Waals surface area contributed by atoms with E-state index >= 15 is 0 Å². The van der Waals surface area contributed by atoms with Gasteiger partial charge in [0.1, 0.15) is 5.69 Å². The largest absolute Gasteiger partial charge is 0.378 e. The highest BCUT2D eigenvalue weighted by atomic mass is 16.5. The van der Waals surface area contributed by atoms with Gasteiger partial charge in [0, 0.05) is 32.7 Å². The molecule has 144 valence electrons. The molecule has 0 aliphatic carbocycles. The number of ether oxygens (including phenoxy) is 1. The van der Waals surface area contributed by atoms with E-state index in [0.29, 0.717) is 37.8 Å². The quantitative estimate of drug-likeness (QED) is 0.776. The maximum Gasteiger partial charge on any atom is 0.289 e. The zero-order chi connectivity index (χ0) is 18.5. The molecule has 0 atom stereocenters. The zero-order valence-corrected chi connectivity index (χ0v) is 16.0. The van der Waals surface area contributed by atoms with Crippen molar-refractivity contribution < 1.29 is 14.3 Å². The maximum atomic E-state index is 13.1. The van der Waals surface area contributed by atoms with Crippen molar-refractivity contribution in [2.45, 2.75) is 52.5 Å². The second-order valence-electron chi connectivity index (χ2n) is 7.04. The fourth-order valence-electron chi connectivity index (χ4n) is 3.79. The SMILES string of the molecule is CCCN(CCC)C(=O)c1nc(C(=O)N2CCOCC2)c2n1CCCC2. The Morgan fingerprint density at radius 1 is 1.08 bits per heavy atom. The van der Waals surface area contributed by atoms with Crippen molar-refractivity contribution in [3.05, 3.63) is 17.2 Å². The number of nitrogens with zero attached hydrogens (tertiary/aromatic N) is 4. The third-order valence-electron chi connectivity index (χ3n) is 5.08. The van der Waals surface area contributed by atoms with Gasteiger partial charge >= 0.3 is 0 Å². The van der Waals surface area contributed by atoms with Crippen LogP contribution in [-0.2, 0) is 17.7 Å². The molecule has 7 nitrogen and oxygen atoms in total. The second kappa shape index (κ2) is 8.66. The summed E-state index contributed by atoms with van der Waals surface area (Å²) in [6.45, 7) is 8.67. The van der Waals surface area contributed by atoms with Gasteiger partial charge in [-0.3, -0.25) is 9.59 Å². The minimum absolute atomic E-state index is 0.0436. The lowest BCUT2D eigenvalue weighted by molar-refractivity contribution is 0.0298. The number of hydrogen-bond acceptors (Lipinski definition) is 4. The van der Waals surface area contributed by atoms with Crippen LogP contribution in [0.1, 0.15) is 66.3 Å². The topological polar surface area (TPSA) is 67.7 Å². The number of carbonyl (C=O) groups excluding carboxylic acids is 2. The summed E-state index contributed by atoms with van der Waals surface area (Å²) in [5.41, 5.74) is 1.41. The van der Waals surface area contributed by atoms with Crippen LogP contribution in [0.5, 0.6) is 0 Å².